The number of carbonyl (C=O) groups excluding carboxylic acids is 3. The summed E-state index contributed by atoms with van der Waals surface area (Å²) in [5.41, 5.74) is 4.47. The van der Waals surface area contributed by atoms with Crippen molar-refractivity contribution in [3.8, 4) is 5.75 Å². The summed E-state index contributed by atoms with van der Waals surface area (Å²) in [4.78, 5) is 49.5. The zero-order valence-electron chi connectivity index (χ0n) is 26.6. The van der Waals surface area contributed by atoms with Gasteiger partial charge in [-0.25, -0.2) is 4.98 Å². The summed E-state index contributed by atoms with van der Waals surface area (Å²) in [5, 5.41) is 6.67. The Kier molecular flexibility index (Phi) is 12.6. The maximum absolute atomic E-state index is 13.0. The normalized spacial score (nSPS) is 12.8. The molecule has 1 fully saturated rings. The van der Waals surface area contributed by atoms with Crippen molar-refractivity contribution < 1.29 is 23.9 Å². The largest absolute Gasteiger partial charge is 0.487 e. The molecule has 14 heteroatoms. The van der Waals surface area contributed by atoms with Crippen molar-refractivity contribution in [2.75, 3.05) is 56.7 Å². The summed E-state index contributed by atoms with van der Waals surface area (Å²) >= 11 is 13.3. The first kappa shape index (κ1) is 36.4. The molecule has 2 aromatic carbocycles. The molecule has 0 saturated carbocycles. The number of para-hydroxylation sites is 1. The number of ether oxygens (including phenoxy) is 2. The number of aryl methyl sites for hydroxylation is 1. The molecule has 2 aromatic heterocycles. The van der Waals surface area contributed by atoms with E-state index in [-0.39, 0.29) is 42.2 Å². The number of anilines is 2. The summed E-state index contributed by atoms with van der Waals surface area (Å²) in [6.45, 7) is 4.64. The van der Waals surface area contributed by atoms with Crippen LogP contribution in [0.5, 0.6) is 5.75 Å². The maximum Gasteiger partial charge on any atom is 0.269 e. The smallest absolute Gasteiger partial charge is 0.269 e. The second-order valence-electron chi connectivity index (χ2n) is 10.7. The highest BCUT2D eigenvalue weighted by Gasteiger charge is 2.21. The van der Waals surface area contributed by atoms with E-state index >= 15 is 0 Å². The number of fused-ring (bicyclic) bond motifs is 1. The fourth-order valence-corrected chi connectivity index (χ4v) is 5.66. The molecular weight excluding hydrogens is 679 g/mol. The van der Waals surface area contributed by atoms with E-state index in [2.05, 4.69) is 26.6 Å². The van der Waals surface area contributed by atoms with Crippen LogP contribution in [0.15, 0.2) is 60.8 Å². The molecule has 0 aliphatic carbocycles. The Morgan fingerprint density at radius 3 is 2.58 bits per heavy atom. The minimum atomic E-state index is -0.478. The Bertz CT molecular complexity index is 1830. The lowest BCUT2D eigenvalue weighted by Crippen LogP contribution is -2.37. The van der Waals surface area contributed by atoms with Crippen LogP contribution in [-0.4, -0.2) is 74.6 Å². The van der Waals surface area contributed by atoms with E-state index in [9.17, 15) is 14.4 Å². The molecule has 1 aliphatic rings. The predicted molar refractivity (Wildman–Crippen MR) is 191 cm³/mol. The second kappa shape index (κ2) is 16.6. The molecule has 3 heterocycles. The van der Waals surface area contributed by atoms with Gasteiger partial charge in [-0.1, -0.05) is 41.4 Å². The van der Waals surface area contributed by atoms with Crippen LogP contribution >= 0.6 is 35.6 Å². The maximum atomic E-state index is 13.0. The van der Waals surface area contributed by atoms with E-state index in [0.717, 1.165) is 35.4 Å². The average molecular weight is 714 g/mol. The number of nitrogens with one attached hydrogen (secondary N) is 2. The zero-order chi connectivity index (χ0) is 33.5. The number of carbonyl (C=O) groups is 3. The van der Waals surface area contributed by atoms with Crippen LogP contribution in [0.4, 0.5) is 11.4 Å². The van der Waals surface area contributed by atoms with Crippen LogP contribution in [0, 0.1) is 6.92 Å². The van der Waals surface area contributed by atoms with Gasteiger partial charge in [0.05, 0.1) is 30.5 Å². The quantitative estimate of drug-likeness (QED) is 0.214. The topological polar surface area (TPSA) is 126 Å². The van der Waals surface area contributed by atoms with Crippen molar-refractivity contribution in [2.24, 2.45) is 0 Å². The Balaban J connectivity index is 0.00000520. The fraction of sp³-hybridized carbons (Fsp3) is 0.265. The van der Waals surface area contributed by atoms with Gasteiger partial charge in [0.15, 0.2) is 0 Å². The van der Waals surface area contributed by atoms with Crippen molar-refractivity contribution in [2.45, 2.75) is 13.5 Å². The Morgan fingerprint density at radius 1 is 1.10 bits per heavy atom. The summed E-state index contributed by atoms with van der Waals surface area (Å²) in [7, 11) is 3.08. The molecule has 1 aliphatic heterocycles. The number of benzene rings is 2. The minimum absolute atomic E-state index is 0. The second-order valence-corrected chi connectivity index (χ2v) is 11.5. The van der Waals surface area contributed by atoms with Crippen LogP contribution in [-0.2, 0) is 20.9 Å². The molecule has 252 valence electrons. The summed E-state index contributed by atoms with van der Waals surface area (Å²) in [5.74, 6) is -0.605. The van der Waals surface area contributed by atoms with E-state index in [0.29, 0.717) is 40.8 Å². The van der Waals surface area contributed by atoms with Crippen LogP contribution in [0.2, 0.25) is 10.0 Å². The van der Waals surface area contributed by atoms with Gasteiger partial charge in [-0.3, -0.25) is 19.4 Å². The number of pyridine rings is 2. The van der Waals surface area contributed by atoms with E-state index in [4.69, 9.17) is 37.7 Å². The number of hydrogen-bond acceptors (Lipinski definition) is 8. The van der Waals surface area contributed by atoms with Crippen molar-refractivity contribution in [1.29, 1.82) is 0 Å². The van der Waals surface area contributed by atoms with Crippen molar-refractivity contribution in [3.63, 3.8) is 0 Å². The third-order valence-electron chi connectivity index (χ3n) is 7.62. The highest BCUT2D eigenvalue weighted by molar-refractivity contribution is 6.38. The van der Waals surface area contributed by atoms with Crippen LogP contribution in [0.1, 0.15) is 27.3 Å². The molecule has 3 amide bonds. The molecule has 0 spiro atoms. The van der Waals surface area contributed by atoms with Crippen molar-refractivity contribution >= 4 is 81.7 Å². The zero-order valence-corrected chi connectivity index (χ0v) is 28.9. The first-order chi connectivity index (χ1) is 22.7. The molecule has 0 bridgehead atoms. The van der Waals surface area contributed by atoms with Crippen LogP contribution < -0.4 is 25.2 Å². The van der Waals surface area contributed by atoms with Gasteiger partial charge in [0.25, 0.3) is 5.91 Å². The third kappa shape index (κ3) is 8.53. The lowest BCUT2D eigenvalue weighted by molar-refractivity contribution is -0.122. The van der Waals surface area contributed by atoms with Crippen LogP contribution in [0.25, 0.3) is 17.0 Å². The number of hydrogen-bond donors (Lipinski definition) is 2. The predicted octanol–water partition coefficient (Wildman–Crippen LogP) is 5.23. The number of nitrogens with zero attached hydrogens (tertiary/aromatic N) is 4. The van der Waals surface area contributed by atoms with Gasteiger partial charge in [-0.2, -0.15) is 0 Å². The lowest BCUT2D eigenvalue weighted by atomic mass is 10.1. The van der Waals surface area contributed by atoms with Gasteiger partial charge >= 0.3 is 0 Å². The molecule has 11 nitrogen and oxygen atoms in total. The fourth-order valence-electron chi connectivity index (χ4n) is 5.05. The monoisotopic (exact) mass is 712 g/mol. The first-order valence-electron chi connectivity index (χ1n) is 14.9. The Morgan fingerprint density at radius 2 is 1.88 bits per heavy atom. The third-order valence-corrected chi connectivity index (χ3v) is 8.40. The van der Waals surface area contributed by atoms with Crippen LogP contribution in [0.3, 0.4) is 0 Å². The van der Waals surface area contributed by atoms with Gasteiger partial charge in [0.2, 0.25) is 11.8 Å². The minimum Gasteiger partial charge on any atom is -0.487 e. The van der Waals surface area contributed by atoms with Gasteiger partial charge in [-0.05, 0) is 48.9 Å². The van der Waals surface area contributed by atoms with Gasteiger partial charge in [-0.15, -0.1) is 12.4 Å². The number of morpholine rings is 1. The number of aromatic nitrogens is 2. The standard InChI is InChI=1S/C34H34Cl2N6O5.ClH/c1-21-17-28(42-13-15-46-16-14-42)23-5-4-6-29(33(23)40-21)47-20-24-25(35)9-11-27(32(24)36)41(3)31(44)19-39-30(43)12-8-22-7-10-26(38-18-22)34(45)37-2;/h4-12,17-18H,13-16,19-20H2,1-3H3,(H,37,45)(H,39,43);1H/b12-8+;. The summed E-state index contributed by atoms with van der Waals surface area (Å²) in [6.07, 6.45) is 4.28. The van der Waals surface area contributed by atoms with Gasteiger partial charge < -0.3 is 29.9 Å². The van der Waals surface area contributed by atoms with Gasteiger partial charge in [0.1, 0.15) is 23.6 Å². The van der Waals surface area contributed by atoms with E-state index in [1.807, 2.05) is 25.1 Å². The van der Waals surface area contributed by atoms with E-state index in [1.165, 1.54) is 30.3 Å². The number of amides is 3. The average Bonchev–Trinajstić information content (AvgIpc) is 3.09. The Labute approximate surface area is 294 Å². The lowest BCUT2D eigenvalue weighted by Gasteiger charge is -2.30. The molecule has 48 heavy (non-hydrogen) atoms. The van der Waals surface area contributed by atoms with E-state index < -0.39 is 11.8 Å². The number of likely N-dealkylation sites (N-methyl/N-ethyl adjacent to an activating group) is 1. The summed E-state index contributed by atoms with van der Waals surface area (Å²) < 4.78 is 11.8. The molecular formula is C34H35Cl3N6O5. The summed E-state index contributed by atoms with van der Waals surface area (Å²) in [6, 6.07) is 14.4. The SMILES string of the molecule is CNC(=O)c1ccc(/C=C/C(=O)NCC(=O)N(C)c2ccc(Cl)c(COc3cccc4c(N5CCOCC5)cc(C)nc34)c2Cl)cn1.Cl. The number of rotatable bonds is 10. The number of halogens is 3. The van der Waals surface area contributed by atoms with Gasteiger partial charge in [0, 0.05) is 66.8 Å². The first-order valence-corrected chi connectivity index (χ1v) is 15.6. The van der Waals surface area contributed by atoms with E-state index in [1.54, 1.807) is 31.3 Å². The molecule has 4 aromatic rings. The highest BCUT2D eigenvalue weighted by Crippen LogP contribution is 2.37. The van der Waals surface area contributed by atoms with Crippen molar-refractivity contribution in [3.05, 3.63) is 93.4 Å². The molecule has 5 rings (SSSR count). The molecule has 2 N–H and O–H groups in total. The van der Waals surface area contributed by atoms with Crippen molar-refractivity contribution in [1.82, 2.24) is 20.6 Å². The molecule has 0 radical (unpaired) electrons. The highest BCUT2D eigenvalue weighted by atomic mass is 35.5. The molecule has 0 atom stereocenters. The molecule has 1 saturated heterocycles. The Hall–Kier alpha value is -4.42. The molecule has 0 unspecified atom stereocenters.